The zero-order valence-corrected chi connectivity index (χ0v) is 11.6. The molecule has 0 aliphatic heterocycles. The molecular formula is C14H28N2O. The molecule has 3 nitrogen and oxygen atoms in total. The van der Waals surface area contributed by atoms with Crippen LogP contribution in [0.25, 0.3) is 0 Å². The Kier molecular flexibility index (Phi) is 5.44. The van der Waals surface area contributed by atoms with E-state index in [2.05, 4.69) is 19.2 Å². The zero-order chi connectivity index (χ0) is 12.9. The molecule has 0 radical (unpaired) electrons. The Hall–Kier alpha value is -0.570. The average Bonchev–Trinajstić information content (AvgIpc) is 3.09. The SMILES string of the molecule is CCCCC(CCC)NC(=O)C(C)(N)C1CC1. The lowest BCUT2D eigenvalue weighted by atomic mass is 9.94. The van der Waals surface area contributed by atoms with Crippen LogP contribution in [-0.2, 0) is 4.79 Å². The monoisotopic (exact) mass is 240 g/mol. The van der Waals surface area contributed by atoms with Crippen LogP contribution in [0.5, 0.6) is 0 Å². The second-order valence-electron chi connectivity index (χ2n) is 5.66. The fourth-order valence-corrected chi connectivity index (χ4v) is 2.30. The third-order valence-electron chi connectivity index (χ3n) is 3.79. The van der Waals surface area contributed by atoms with E-state index in [9.17, 15) is 4.79 Å². The van der Waals surface area contributed by atoms with Crippen molar-refractivity contribution in [2.45, 2.75) is 77.3 Å². The zero-order valence-electron chi connectivity index (χ0n) is 11.6. The van der Waals surface area contributed by atoms with E-state index in [4.69, 9.17) is 5.73 Å². The Balaban J connectivity index is 2.44. The fourth-order valence-electron chi connectivity index (χ4n) is 2.30. The van der Waals surface area contributed by atoms with Crippen LogP contribution >= 0.6 is 0 Å². The first-order chi connectivity index (χ1) is 8.02. The molecule has 0 spiro atoms. The van der Waals surface area contributed by atoms with Crippen molar-refractivity contribution in [3.05, 3.63) is 0 Å². The maximum atomic E-state index is 12.2. The Morgan fingerprint density at radius 1 is 1.35 bits per heavy atom. The molecular weight excluding hydrogens is 212 g/mol. The van der Waals surface area contributed by atoms with Crippen LogP contribution in [0.4, 0.5) is 0 Å². The number of carbonyl (C=O) groups excluding carboxylic acids is 1. The second-order valence-corrected chi connectivity index (χ2v) is 5.66. The van der Waals surface area contributed by atoms with Gasteiger partial charge < -0.3 is 11.1 Å². The topological polar surface area (TPSA) is 55.1 Å². The molecule has 100 valence electrons. The van der Waals surface area contributed by atoms with E-state index in [0.717, 1.165) is 32.1 Å². The molecule has 1 amide bonds. The van der Waals surface area contributed by atoms with Crippen molar-refractivity contribution in [2.24, 2.45) is 11.7 Å². The molecule has 0 saturated heterocycles. The van der Waals surface area contributed by atoms with E-state index in [-0.39, 0.29) is 5.91 Å². The van der Waals surface area contributed by atoms with Crippen LogP contribution in [0, 0.1) is 5.92 Å². The highest BCUT2D eigenvalue weighted by Crippen LogP contribution is 2.38. The maximum absolute atomic E-state index is 12.2. The highest BCUT2D eigenvalue weighted by molar-refractivity contribution is 5.86. The van der Waals surface area contributed by atoms with Crippen molar-refractivity contribution in [2.75, 3.05) is 0 Å². The Morgan fingerprint density at radius 2 is 2.00 bits per heavy atom. The first kappa shape index (κ1) is 14.5. The highest BCUT2D eigenvalue weighted by atomic mass is 16.2. The summed E-state index contributed by atoms with van der Waals surface area (Å²) in [5, 5.41) is 3.15. The van der Waals surface area contributed by atoms with Crippen LogP contribution in [0.2, 0.25) is 0 Å². The summed E-state index contributed by atoms with van der Waals surface area (Å²) < 4.78 is 0. The first-order valence-corrected chi connectivity index (χ1v) is 7.12. The van der Waals surface area contributed by atoms with Gasteiger partial charge in [-0.2, -0.15) is 0 Å². The average molecular weight is 240 g/mol. The van der Waals surface area contributed by atoms with Crippen LogP contribution in [0.1, 0.15) is 65.7 Å². The molecule has 3 heteroatoms. The number of hydrogen-bond acceptors (Lipinski definition) is 2. The van der Waals surface area contributed by atoms with Crippen molar-refractivity contribution in [3.63, 3.8) is 0 Å². The van der Waals surface area contributed by atoms with Crippen LogP contribution in [0.15, 0.2) is 0 Å². The molecule has 1 saturated carbocycles. The van der Waals surface area contributed by atoms with Gasteiger partial charge in [-0.25, -0.2) is 0 Å². The van der Waals surface area contributed by atoms with Crippen molar-refractivity contribution < 1.29 is 4.79 Å². The van der Waals surface area contributed by atoms with Crippen molar-refractivity contribution in [1.82, 2.24) is 5.32 Å². The van der Waals surface area contributed by atoms with Gasteiger partial charge in [0.2, 0.25) is 5.91 Å². The number of unbranched alkanes of at least 4 members (excludes halogenated alkanes) is 1. The molecule has 0 aromatic heterocycles. The fraction of sp³-hybridized carbons (Fsp3) is 0.929. The van der Waals surface area contributed by atoms with Crippen molar-refractivity contribution in [3.8, 4) is 0 Å². The highest BCUT2D eigenvalue weighted by Gasteiger charge is 2.44. The number of nitrogens with two attached hydrogens (primary N) is 1. The summed E-state index contributed by atoms with van der Waals surface area (Å²) in [4.78, 5) is 12.2. The molecule has 0 bridgehead atoms. The molecule has 1 fully saturated rings. The summed E-state index contributed by atoms with van der Waals surface area (Å²) in [5.74, 6) is 0.450. The van der Waals surface area contributed by atoms with E-state index in [1.807, 2.05) is 6.92 Å². The van der Waals surface area contributed by atoms with E-state index in [1.54, 1.807) is 0 Å². The third-order valence-corrected chi connectivity index (χ3v) is 3.79. The van der Waals surface area contributed by atoms with E-state index in [1.165, 1.54) is 12.8 Å². The number of nitrogens with one attached hydrogen (secondary N) is 1. The second kappa shape index (κ2) is 6.39. The van der Waals surface area contributed by atoms with Gasteiger partial charge >= 0.3 is 0 Å². The summed E-state index contributed by atoms with van der Waals surface area (Å²) in [6, 6.07) is 0.314. The molecule has 1 rings (SSSR count). The normalized spacial score (nSPS) is 20.7. The van der Waals surface area contributed by atoms with Gasteiger partial charge in [0.15, 0.2) is 0 Å². The van der Waals surface area contributed by atoms with Gasteiger partial charge in [-0.1, -0.05) is 33.1 Å². The summed E-state index contributed by atoms with van der Waals surface area (Å²) >= 11 is 0. The lowest BCUT2D eigenvalue weighted by Crippen LogP contribution is -2.55. The maximum Gasteiger partial charge on any atom is 0.240 e. The van der Waals surface area contributed by atoms with Gasteiger partial charge in [-0.15, -0.1) is 0 Å². The van der Waals surface area contributed by atoms with Gasteiger partial charge in [-0.05, 0) is 38.5 Å². The summed E-state index contributed by atoms with van der Waals surface area (Å²) in [7, 11) is 0. The minimum Gasteiger partial charge on any atom is -0.352 e. The molecule has 17 heavy (non-hydrogen) atoms. The van der Waals surface area contributed by atoms with Gasteiger partial charge in [0.25, 0.3) is 0 Å². The summed E-state index contributed by atoms with van der Waals surface area (Å²) in [6.45, 7) is 6.22. The molecule has 1 aliphatic rings. The van der Waals surface area contributed by atoms with Crippen molar-refractivity contribution >= 4 is 5.91 Å². The minimum absolute atomic E-state index is 0.0505. The lowest BCUT2D eigenvalue weighted by Gasteiger charge is -2.27. The minimum atomic E-state index is -0.655. The van der Waals surface area contributed by atoms with Crippen LogP contribution < -0.4 is 11.1 Å². The van der Waals surface area contributed by atoms with Crippen LogP contribution in [-0.4, -0.2) is 17.5 Å². The quantitative estimate of drug-likeness (QED) is 0.685. The third kappa shape index (κ3) is 4.30. The van der Waals surface area contributed by atoms with Gasteiger partial charge in [0.1, 0.15) is 0 Å². The number of carbonyl (C=O) groups is 1. The molecule has 0 aromatic carbocycles. The van der Waals surface area contributed by atoms with E-state index in [0.29, 0.717) is 12.0 Å². The predicted molar refractivity (Wildman–Crippen MR) is 71.7 cm³/mol. The largest absolute Gasteiger partial charge is 0.352 e. The van der Waals surface area contributed by atoms with Gasteiger partial charge in [-0.3, -0.25) is 4.79 Å². The lowest BCUT2D eigenvalue weighted by molar-refractivity contribution is -0.127. The first-order valence-electron chi connectivity index (χ1n) is 7.12. The predicted octanol–water partition coefficient (Wildman–Crippen LogP) is 2.59. The van der Waals surface area contributed by atoms with E-state index < -0.39 is 5.54 Å². The van der Waals surface area contributed by atoms with Gasteiger partial charge in [0, 0.05) is 6.04 Å². The van der Waals surface area contributed by atoms with Crippen LogP contribution in [0.3, 0.4) is 0 Å². The standard InChI is InChI=1S/C14H28N2O/c1-4-6-8-12(7-5-2)16-13(17)14(3,15)11-9-10-11/h11-12H,4-10,15H2,1-3H3,(H,16,17). The molecule has 0 aromatic rings. The molecule has 2 unspecified atom stereocenters. The summed E-state index contributed by atoms with van der Waals surface area (Å²) in [6.07, 6.45) is 7.82. The number of hydrogen-bond donors (Lipinski definition) is 2. The van der Waals surface area contributed by atoms with E-state index >= 15 is 0 Å². The van der Waals surface area contributed by atoms with Crippen molar-refractivity contribution in [1.29, 1.82) is 0 Å². The smallest absolute Gasteiger partial charge is 0.240 e. The number of amides is 1. The summed E-state index contributed by atoms with van der Waals surface area (Å²) in [5.41, 5.74) is 5.47. The molecule has 0 heterocycles. The molecule has 1 aliphatic carbocycles. The number of rotatable bonds is 8. The van der Waals surface area contributed by atoms with Gasteiger partial charge in [0.05, 0.1) is 5.54 Å². The molecule has 3 N–H and O–H groups in total. The Labute approximate surface area is 106 Å². The Bertz CT molecular complexity index is 247. The molecule has 2 atom stereocenters. The Morgan fingerprint density at radius 3 is 2.47 bits per heavy atom.